The van der Waals surface area contributed by atoms with Gasteiger partial charge in [-0.3, -0.25) is 0 Å². The van der Waals surface area contributed by atoms with E-state index in [0.717, 1.165) is 5.69 Å². The van der Waals surface area contributed by atoms with Crippen LogP contribution in [0.25, 0.3) is 5.69 Å². The Balaban J connectivity index is 2.40. The van der Waals surface area contributed by atoms with Gasteiger partial charge in [0.15, 0.2) is 0 Å². The summed E-state index contributed by atoms with van der Waals surface area (Å²) in [5, 5.41) is 0. The molecule has 0 aliphatic rings. The Morgan fingerprint density at radius 1 is 0.947 bits per heavy atom. The monoisotopic (exact) mass is 256 g/mol. The lowest BCUT2D eigenvalue weighted by molar-refractivity contribution is 0.572. The second-order valence-electron chi connectivity index (χ2n) is 7.22. The van der Waals surface area contributed by atoms with Gasteiger partial charge in [-0.15, -0.1) is 0 Å². The molecule has 2 aromatic rings. The Bertz CT molecular complexity index is 565. The minimum atomic E-state index is 0.0902. The van der Waals surface area contributed by atoms with E-state index < -0.39 is 0 Å². The van der Waals surface area contributed by atoms with Crippen LogP contribution >= 0.6 is 0 Å². The third kappa shape index (κ3) is 3.06. The molecule has 0 saturated carbocycles. The first-order valence-corrected chi connectivity index (χ1v) is 6.83. The summed E-state index contributed by atoms with van der Waals surface area (Å²) >= 11 is 0. The molecule has 19 heavy (non-hydrogen) atoms. The Morgan fingerprint density at radius 2 is 1.63 bits per heavy atom. The highest BCUT2D eigenvalue weighted by atomic mass is 15.0. The van der Waals surface area contributed by atoms with Gasteiger partial charge < -0.3 is 4.57 Å². The molecule has 0 fully saturated rings. The summed E-state index contributed by atoms with van der Waals surface area (Å²) < 4.78 is 2.11. The van der Waals surface area contributed by atoms with Crippen LogP contribution in [0.4, 0.5) is 0 Å². The SMILES string of the molecule is CC(C)(C)c1cccc(-n2cnc(C(C)(C)C)c2)c1. The van der Waals surface area contributed by atoms with E-state index in [1.54, 1.807) is 0 Å². The number of benzene rings is 1. The highest BCUT2D eigenvalue weighted by Crippen LogP contribution is 2.25. The largest absolute Gasteiger partial charge is 0.306 e. The van der Waals surface area contributed by atoms with Crippen molar-refractivity contribution in [1.29, 1.82) is 0 Å². The van der Waals surface area contributed by atoms with Crippen molar-refractivity contribution < 1.29 is 0 Å². The molecule has 0 saturated heterocycles. The molecule has 0 amide bonds. The molecule has 102 valence electrons. The Morgan fingerprint density at radius 3 is 2.16 bits per heavy atom. The maximum absolute atomic E-state index is 4.52. The highest BCUT2D eigenvalue weighted by Gasteiger charge is 2.18. The van der Waals surface area contributed by atoms with E-state index in [1.165, 1.54) is 11.3 Å². The molecule has 0 radical (unpaired) electrons. The molecule has 0 spiro atoms. The van der Waals surface area contributed by atoms with E-state index in [4.69, 9.17) is 0 Å². The summed E-state index contributed by atoms with van der Waals surface area (Å²) in [7, 11) is 0. The first kappa shape index (κ1) is 13.9. The van der Waals surface area contributed by atoms with Gasteiger partial charge >= 0.3 is 0 Å². The molecular weight excluding hydrogens is 232 g/mol. The highest BCUT2D eigenvalue weighted by molar-refractivity contribution is 5.39. The molecule has 1 heterocycles. The van der Waals surface area contributed by atoms with Gasteiger partial charge in [0, 0.05) is 17.3 Å². The van der Waals surface area contributed by atoms with Crippen molar-refractivity contribution in [3.8, 4) is 5.69 Å². The van der Waals surface area contributed by atoms with Crippen molar-refractivity contribution in [3.05, 3.63) is 48.0 Å². The number of aromatic nitrogens is 2. The molecule has 2 nitrogen and oxygen atoms in total. The van der Waals surface area contributed by atoms with Gasteiger partial charge in [-0.1, -0.05) is 53.7 Å². The van der Waals surface area contributed by atoms with Crippen molar-refractivity contribution in [1.82, 2.24) is 9.55 Å². The van der Waals surface area contributed by atoms with Crippen LogP contribution in [0.5, 0.6) is 0 Å². The second kappa shape index (κ2) is 4.52. The van der Waals surface area contributed by atoms with Crippen LogP contribution in [-0.4, -0.2) is 9.55 Å². The molecule has 2 heteroatoms. The molecule has 0 atom stereocenters. The van der Waals surface area contributed by atoms with Crippen molar-refractivity contribution in [2.45, 2.75) is 52.4 Å². The third-order valence-corrected chi connectivity index (χ3v) is 3.36. The first-order chi connectivity index (χ1) is 8.68. The van der Waals surface area contributed by atoms with Crippen LogP contribution < -0.4 is 0 Å². The van der Waals surface area contributed by atoms with Crippen molar-refractivity contribution >= 4 is 0 Å². The summed E-state index contributed by atoms with van der Waals surface area (Å²) in [5.74, 6) is 0. The fourth-order valence-electron chi connectivity index (χ4n) is 1.98. The maximum Gasteiger partial charge on any atom is 0.0995 e. The van der Waals surface area contributed by atoms with E-state index in [1.807, 2.05) is 6.33 Å². The van der Waals surface area contributed by atoms with Crippen LogP contribution in [0.15, 0.2) is 36.8 Å². The molecular formula is C17H24N2. The molecule has 0 aliphatic heterocycles. The van der Waals surface area contributed by atoms with Gasteiger partial charge in [-0.2, -0.15) is 0 Å². The van der Waals surface area contributed by atoms with E-state index in [0.29, 0.717) is 0 Å². The van der Waals surface area contributed by atoms with Crippen LogP contribution in [0.3, 0.4) is 0 Å². The topological polar surface area (TPSA) is 17.8 Å². The van der Waals surface area contributed by atoms with E-state index in [-0.39, 0.29) is 10.8 Å². The zero-order chi connectivity index (χ0) is 14.3. The molecule has 1 aromatic carbocycles. The van der Waals surface area contributed by atoms with Gasteiger partial charge in [0.05, 0.1) is 12.0 Å². The average molecular weight is 256 g/mol. The number of imidazole rings is 1. The number of hydrogen-bond acceptors (Lipinski definition) is 1. The lowest BCUT2D eigenvalue weighted by Gasteiger charge is -2.20. The van der Waals surface area contributed by atoms with Crippen LogP contribution in [-0.2, 0) is 10.8 Å². The van der Waals surface area contributed by atoms with E-state index in [2.05, 4.69) is 81.6 Å². The Kier molecular flexibility index (Phi) is 3.29. The number of rotatable bonds is 1. The molecule has 0 aliphatic carbocycles. The second-order valence-corrected chi connectivity index (χ2v) is 7.22. The third-order valence-electron chi connectivity index (χ3n) is 3.36. The zero-order valence-electron chi connectivity index (χ0n) is 12.9. The Labute approximate surface area is 116 Å². The molecule has 2 rings (SSSR count). The van der Waals surface area contributed by atoms with E-state index >= 15 is 0 Å². The smallest absolute Gasteiger partial charge is 0.0995 e. The molecule has 0 bridgehead atoms. The molecule has 1 aromatic heterocycles. The van der Waals surface area contributed by atoms with Crippen LogP contribution in [0, 0.1) is 0 Å². The first-order valence-electron chi connectivity index (χ1n) is 6.83. The normalized spacial score (nSPS) is 12.7. The van der Waals surface area contributed by atoms with Gasteiger partial charge in [-0.05, 0) is 23.1 Å². The fourth-order valence-corrected chi connectivity index (χ4v) is 1.98. The average Bonchev–Trinajstić information content (AvgIpc) is 2.77. The van der Waals surface area contributed by atoms with Crippen LogP contribution in [0.1, 0.15) is 52.8 Å². The van der Waals surface area contributed by atoms with E-state index in [9.17, 15) is 0 Å². The molecule has 0 unspecified atom stereocenters. The van der Waals surface area contributed by atoms with Gasteiger partial charge in [0.1, 0.15) is 0 Å². The quantitative estimate of drug-likeness (QED) is 0.736. The zero-order valence-corrected chi connectivity index (χ0v) is 12.9. The summed E-state index contributed by atoms with van der Waals surface area (Å²) in [4.78, 5) is 4.52. The molecule has 0 N–H and O–H groups in total. The predicted octanol–water partition coefficient (Wildman–Crippen LogP) is 4.47. The van der Waals surface area contributed by atoms with Crippen molar-refractivity contribution in [2.75, 3.05) is 0 Å². The fraction of sp³-hybridized carbons (Fsp3) is 0.471. The summed E-state index contributed by atoms with van der Waals surface area (Å²) in [5.41, 5.74) is 3.90. The summed E-state index contributed by atoms with van der Waals surface area (Å²) in [6.07, 6.45) is 4.03. The van der Waals surface area contributed by atoms with Crippen molar-refractivity contribution in [2.24, 2.45) is 0 Å². The minimum absolute atomic E-state index is 0.0902. The van der Waals surface area contributed by atoms with Gasteiger partial charge in [0.25, 0.3) is 0 Å². The van der Waals surface area contributed by atoms with Crippen molar-refractivity contribution in [3.63, 3.8) is 0 Å². The lowest BCUT2D eigenvalue weighted by atomic mass is 9.87. The number of nitrogens with zero attached hydrogens (tertiary/aromatic N) is 2. The maximum atomic E-state index is 4.52. The summed E-state index contributed by atoms with van der Waals surface area (Å²) in [6.45, 7) is 13.3. The number of hydrogen-bond donors (Lipinski definition) is 0. The van der Waals surface area contributed by atoms with Crippen LogP contribution in [0.2, 0.25) is 0 Å². The predicted molar refractivity (Wildman–Crippen MR) is 81.0 cm³/mol. The summed E-state index contributed by atoms with van der Waals surface area (Å²) in [6, 6.07) is 8.68. The standard InChI is InChI=1S/C17H24N2/c1-16(2,3)13-8-7-9-14(10-13)19-11-15(18-12-19)17(4,5)6/h7-12H,1-6H3. The minimum Gasteiger partial charge on any atom is -0.306 e. The Hall–Kier alpha value is -1.57. The lowest BCUT2D eigenvalue weighted by Crippen LogP contribution is -2.12. The van der Waals surface area contributed by atoms with Gasteiger partial charge in [-0.25, -0.2) is 4.98 Å². The van der Waals surface area contributed by atoms with Gasteiger partial charge in [0.2, 0.25) is 0 Å².